The average molecular weight is 316 g/mol. The normalized spacial score (nSPS) is 19.4. The standard InChI is InChI=1S/C12H18BrN3O2/c13-8-12(5-3-1-2-4-6-12)9-15-7-11(14-10-15)16(17)18/h7,10H,1-6,8-9H2. The molecule has 0 aromatic carbocycles. The van der Waals surface area contributed by atoms with Crippen LogP contribution < -0.4 is 0 Å². The van der Waals surface area contributed by atoms with Crippen LogP contribution >= 0.6 is 15.9 Å². The highest BCUT2D eigenvalue weighted by Crippen LogP contribution is 2.38. The first-order valence-corrected chi connectivity index (χ1v) is 7.49. The molecule has 0 bridgehead atoms. The molecule has 0 radical (unpaired) electrons. The molecule has 0 saturated heterocycles. The summed E-state index contributed by atoms with van der Waals surface area (Å²) in [6.45, 7) is 0.819. The predicted octanol–water partition coefficient (Wildman–Crippen LogP) is 3.53. The van der Waals surface area contributed by atoms with Crippen molar-refractivity contribution in [3.05, 3.63) is 22.6 Å². The van der Waals surface area contributed by atoms with Crippen LogP contribution in [-0.4, -0.2) is 19.8 Å². The second-order valence-electron chi connectivity index (χ2n) is 5.21. The summed E-state index contributed by atoms with van der Waals surface area (Å²) in [4.78, 5) is 14.0. The molecule has 1 saturated carbocycles. The van der Waals surface area contributed by atoms with Crippen molar-refractivity contribution in [3.63, 3.8) is 0 Å². The van der Waals surface area contributed by atoms with Crippen LogP contribution in [0.2, 0.25) is 0 Å². The predicted molar refractivity (Wildman–Crippen MR) is 72.8 cm³/mol. The quantitative estimate of drug-likeness (QED) is 0.369. The molecule has 0 aliphatic heterocycles. The third-order valence-corrected chi connectivity index (χ3v) is 4.96. The first-order chi connectivity index (χ1) is 8.65. The lowest BCUT2D eigenvalue weighted by molar-refractivity contribution is -0.389. The van der Waals surface area contributed by atoms with Crippen molar-refractivity contribution < 1.29 is 4.92 Å². The number of halogens is 1. The minimum Gasteiger partial charge on any atom is -0.358 e. The van der Waals surface area contributed by atoms with Gasteiger partial charge in [0.15, 0.2) is 0 Å². The highest BCUT2D eigenvalue weighted by Gasteiger charge is 2.31. The zero-order valence-electron chi connectivity index (χ0n) is 10.3. The van der Waals surface area contributed by atoms with E-state index < -0.39 is 4.92 Å². The first kappa shape index (κ1) is 13.5. The average Bonchev–Trinajstić information content (AvgIpc) is 2.69. The Kier molecular flexibility index (Phi) is 4.37. The zero-order chi connectivity index (χ0) is 13.0. The van der Waals surface area contributed by atoms with E-state index in [0.717, 1.165) is 11.9 Å². The molecule has 100 valence electrons. The summed E-state index contributed by atoms with van der Waals surface area (Å²) in [5.41, 5.74) is 0.227. The highest BCUT2D eigenvalue weighted by atomic mass is 79.9. The van der Waals surface area contributed by atoms with Gasteiger partial charge in [-0.15, -0.1) is 0 Å². The third-order valence-electron chi connectivity index (χ3n) is 3.77. The van der Waals surface area contributed by atoms with Crippen molar-refractivity contribution in [2.24, 2.45) is 5.41 Å². The summed E-state index contributed by atoms with van der Waals surface area (Å²) in [6, 6.07) is 0. The van der Waals surface area contributed by atoms with Gasteiger partial charge in [0.25, 0.3) is 0 Å². The topological polar surface area (TPSA) is 61.0 Å². The lowest BCUT2D eigenvalue weighted by Crippen LogP contribution is -2.27. The number of alkyl halides is 1. The Labute approximate surface area is 115 Å². The second-order valence-corrected chi connectivity index (χ2v) is 5.77. The molecule has 1 aliphatic carbocycles. The Morgan fingerprint density at radius 2 is 2.06 bits per heavy atom. The molecule has 5 nitrogen and oxygen atoms in total. The van der Waals surface area contributed by atoms with E-state index in [9.17, 15) is 10.1 Å². The Morgan fingerprint density at radius 1 is 1.39 bits per heavy atom. The maximum Gasteiger partial charge on any atom is 0.381 e. The van der Waals surface area contributed by atoms with E-state index >= 15 is 0 Å². The van der Waals surface area contributed by atoms with Crippen LogP contribution in [0.1, 0.15) is 38.5 Å². The summed E-state index contributed by atoms with van der Waals surface area (Å²) < 4.78 is 1.87. The monoisotopic (exact) mass is 315 g/mol. The van der Waals surface area contributed by atoms with Crippen LogP contribution in [0.4, 0.5) is 5.82 Å². The van der Waals surface area contributed by atoms with Gasteiger partial charge in [-0.05, 0) is 28.2 Å². The summed E-state index contributed by atoms with van der Waals surface area (Å²) in [7, 11) is 0. The third kappa shape index (κ3) is 3.10. The van der Waals surface area contributed by atoms with Crippen LogP contribution in [-0.2, 0) is 6.54 Å². The smallest absolute Gasteiger partial charge is 0.358 e. The number of hydrogen-bond acceptors (Lipinski definition) is 3. The fourth-order valence-corrected chi connectivity index (χ4v) is 3.47. The lowest BCUT2D eigenvalue weighted by Gasteiger charge is -2.30. The van der Waals surface area contributed by atoms with Gasteiger partial charge in [-0.25, -0.2) is 0 Å². The molecule has 1 aliphatic rings. The Hall–Kier alpha value is -0.910. The van der Waals surface area contributed by atoms with Gasteiger partial charge >= 0.3 is 5.82 Å². The van der Waals surface area contributed by atoms with Crippen molar-refractivity contribution in [3.8, 4) is 0 Å². The van der Waals surface area contributed by atoms with Crippen molar-refractivity contribution in [1.82, 2.24) is 9.55 Å². The van der Waals surface area contributed by atoms with Crippen molar-refractivity contribution in [2.45, 2.75) is 45.1 Å². The molecule has 0 amide bonds. The molecule has 1 heterocycles. The SMILES string of the molecule is O=[N+]([O-])c1cn(CC2(CBr)CCCCCC2)cn1. The molecule has 1 fully saturated rings. The van der Waals surface area contributed by atoms with Crippen LogP contribution in [0.25, 0.3) is 0 Å². The largest absolute Gasteiger partial charge is 0.381 e. The highest BCUT2D eigenvalue weighted by molar-refractivity contribution is 9.09. The van der Waals surface area contributed by atoms with Gasteiger partial charge in [-0.2, -0.15) is 0 Å². The van der Waals surface area contributed by atoms with Crippen molar-refractivity contribution in [1.29, 1.82) is 0 Å². The number of nitrogens with zero attached hydrogens (tertiary/aromatic N) is 3. The zero-order valence-corrected chi connectivity index (χ0v) is 11.9. The molecule has 1 aromatic heterocycles. The number of rotatable bonds is 4. The number of aromatic nitrogens is 2. The van der Waals surface area contributed by atoms with Gasteiger partial charge in [0.2, 0.25) is 6.33 Å². The van der Waals surface area contributed by atoms with E-state index in [2.05, 4.69) is 20.9 Å². The van der Waals surface area contributed by atoms with Crippen LogP contribution in [0.5, 0.6) is 0 Å². The molecule has 2 rings (SSSR count). The fourth-order valence-electron chi connectivity index (χ4n) is 2.73. The molecular formula is C12H18BrN3O2. The van der Waals surface area contributed by atoms with Crippen LogP contribution in [0.3, 0.4) is 0 Å². The van der Waals surface area contributed by atoms with E-state index in [1.54, 1.807) is 6.33 Å². The minimum atomic E-state index is -0.440. The van der Waals surface area contributed by atoms with Crippen LogP contribution in [0, 0.1) is 15.5 Å². The van der Waals surface area contributed by atoms with Crippen LogP contribution in [0.15, 0.2) is 12.5 Å². The minimum absolute atomic E-state index is 0.0617. The Bertz CT molecular complexity index is 411. The van der Waals surface area contributed by atoms with E-state index in [-0.39, 0.29) is 11.2 Å². The Balaban J connectivity index is 2.10. The lowest BCUT2D eigenvalue weighted by atomic mass is 9.82. The summed E-state index contributed by atoms with van der Waals surface area (Å²) in [5, 5.41) is 11.6. The molecule has 0 unspecified atom stereocenters. The number of hydrogen-bond donors (Lipinski definition) is 0. The molecule has 6 heteroatoms. The van der Waals surface area contributed by atoms with Gasteiger partial charge in [-0.1, -0.05) is 41.6 Å². The molecule has 0 N–H and O–H groups in total. The van der Waals surface area contributed by atoms with Crippen molar-refractivity contribution in [2.75, 3.05) is 5.33 Å². The van der Waals surface area contributed by atoms with Gasteiger partial charge in [0, 0.05) is 11.9 Å². The summed E-state index contributed by atoms with van der Waals surface area (Å²) in [6.07, 6.45) is 10.6. The maximum atomic E-state index is 10.6. The van der Waals surface area contributed by atoms with Gasteiger partial charge in [-0.3, -0.25) is 0 Å². The van der Waals surface area contributed by atoms with Crippen molar-refractivity contribution >= 4 is 21.7 Å². The Morgan fingerprint density at radius 3 is 2.56 bits per heavy atom. The molecule has 18 heavy (non-hydrogen) atoms. The van der Waals surface area contributed by atoms with E-state index in [4.69, 9.17) is 0 Å². The van der Waals surface area contributed by atoms with Gasteiger partial charge in [0.1, 0.15) is 6.20 Å². The molecule has 0 spiro atoms. The maximum absolute atomic E-state index is 10.6. The summed E-state index contributed by atoms with van der Waals surface area (Å²) in [5.74, 6) is -0.0617. The second kappa shape index (κ2) is 5.82. The van der Waals surface area contributed by atoms with Gasteiger partial charge in [0.05, 0.1) is 0 Å². The van der Waals surface area contributed by atoms with Gasteiger partial charge < -0.3 is 14.7 Å². The number of nitro groups is 1. The number of imidazole rings is 1. The fraction of sp³-hybridized carbons (Fsp3) is 0.750. The van der Waals surface area contributed by atoms with E-state index in [1.165, 1.54) is 44.7 Å². The molecular weight excluding hydrogens is 298 g/mol. The van der Waals surface area contributed by atoms with E-state index in [0.29, 0.717) is 0 Å². The first-order valence-electron chi connectivity index (χ1n) is 6.37. The molecule has 0 atom stereocenters. The summed E-state index contributed by atoms with van der Waals surface area (Å²) >= 11 is 3.63. The van der Waals surface area contributed by atoms with E-state index in [1.807, 2.05) is 4.57 Å². The molecule has 1 aromatic rings.